The van der Waals surface area contributed by atoms with Crippen LogP contribution in [0.3, 0.4) is 0 Å². The van der Waals surface area contributed by atoms with Crippen molar-refractivity contribution < 1.29 is 19.1 Å². The predicted molar refractivity (Wildman–Crippen MR) is 109 cm³/mol. The van der Waals surface area contributed by atoms with Crippen molar-refractivity contribution in [3.05, 3.63) is 69.0 Å². The maximum atomic E-state index is 13.0. The highest BCUT2D eigenvalue weighted by Gasteiger charge is 2.22. The zero-order chi connectivity index (χ0) is 20.5. The molecule has 3 aromatic rings. The van der Waals surface area contributed by atoms with E-state index < -0.39 is 17.3 Å². The fourth-order valence-electron chi connectivity index (χ4n) is 3.27. The van der Waals surface area contributed by atoms with Gasteiger partial charge in [-0.25, -0.2) is 4.79 Å². The summed E-state index contributed by atoms with van der Waals surface area (Å²) in [5, 5.41) is 3.21. The predicted octanol–water partition coefficient (Wildman–Crippen LogP) is 3.48. The Labute approximate surface area is 170 Å². The van der Waals surface area contributed by atoms with E-state index in [1.165, 1.54) is 6.20 Å². The van der Waals surface area contributed by atoms with Gasteiger partial charge in [-0.05, 0) is 43.3 Å². The summed E-state index contributed by atoms with van der Waals surface area (Å²) in [6, 6.07) is 9.55. The van der Waals surface area contributed by atoms with E-state index in [-0.39, 0.29) is 22.6 Å². The van der Waals surface area contributed by atoms with Crippen molar-refractivity contribution in [3.63, 3.8) is 0 Å². The van der Waals surface area contributed by atoms with Crippen LogP contribution in [-0.4, -0.2) is 29.7 Å². The first-order valence-corrected chi connectivity index (χ1v) is 9.44. The van der Waals surface area contributed by atoms with Crippen LogP contribution in [-0.2, 0) is 11.3 Å². The topological polar surface area (TPSA) is 86.6 Å². The molecule has 148 valence electrons. The quantitative estimate of drug-likeness (QED) is 0.663. The van der Waals surface area contributed by atoms with Crippen molar-refractivity contribution in [1.82, 2.24) is 4.57 Å². The normalized spacial score (nSPS) is 12.3. The molecule has 1 aliphatic rings. The number of nitrogens with one attached hydrogen (secondary N) is 1. The molecule has 1 amide bonds. The molecule has 0 radical (unpaired) electrons. The summed E-state index contributed by atoms with van der Waals surface area (Å²) in [6.07, 6.45) is 1.52. The first-order chi connectivity index (χ1) is 14.0. The van der Waals surface area contributed by atoms with Gasteiger partial charge in [0, 0.05) is 11.9 Å². The fourth-order valence-corrected chi connectivity index (χ4v) is 3.51. The van der Waals surface area contributed by atoms with Crippen molar-refractivity contribution in [1.29, 1.82) is 0 Å². The maximum absolute atomic E-state index is 13.0. The number of esters is 1. The third-order valence-corrected chi connectivity index (χ3v) is 4.94. The molecule has 1 aliphatic heterocycles. The molecule has 2 heterocycles. The number of hydrogen-bond acceptors (Lipinski definition) is 5. The van der Waals surface area contributed by atoms with Crippen molar-refractivity contribution in [2.45, 2.75) is 13.5 Å². The van der Waals surface area contributed by atoms with E-state index in [0.717, 1.165) is 0 Å². The van der Waals surface area contributed by atoms with Crippen LogP contribution in [0, 0.1) is 0 Å². The van der Waals surface area contributed by atoms with Crippen LogP contribution < -0.4 is 15.5 Å². The Hall–Kier alpha value is -3.32. The van der Waals surface area contributed by atoms with E-state index in [4.69, 9.17) is 21.1 Å². The van der Waals surface area contributed by atoms with Gasteiger partial charge in [-0.1, -0.05) is 11.6 Å². The number of amides is 1. The van der Waals surface area contributed by atoms with E-state index in [9.17, 15) is 14.4 Å². The highest BCUT2D eigenvalue weighted by atomic mass is 35.5. The molecule has 0 bridgehead atoms. The standard InChI is InChI=1S/C21H17ClN2O5/c1-2-28-21(27)12-3-5-13(6-4-12)23-20(26)14-11-24-9-10-29-16-8-7-15(22)17(18(16)24)19(14)25/h3-8,11H,2,9-10H2,1H3,(H,23,26). The lowest BCUT2D eigenvalue weighted by atomic mass is 10.1. The number of carbonyl (C=O) groups excluding carboxylic acids is 2. The molecule has 0 spiro atoms. The van der Waals surface area contributed by atoms with Gasteiger partial charge in [0.1, 0.15) is 17.9 Å². The Kier molecular flexibility index (Phi) is 4.98. The average Bonchev–Trinajstić information content (AvgIpc) is 2.72. The minimum atomic E-state index is -0.558. The second-order valence-electron chi connectivity index (χ2n) is 6.43. The van der Waals surface area contributed by atoms with Crippen LogP contribution in [0.15, 0.2) is 47.4 Å². The van der Waals surface area contributed by atoms with Crippen LogP contribution in [0.4, 0.5) is 5.69 Å². The monoisotopic (exact) mass is 412 g/mol. The number of hydrogen-bond donors (Lipinski definition) is 1. The third-order valence-electron chi connectivity index (χ3n) is 4.62. The zero-order valence-electron chi connectivity index (χ0n) is 15.5. The molecule has 8 heteroatoms. The summed E-state index contributed by atoms with van der Waals surface area (Å²) in [7, 11) is 0. The number of nitrogens with zero attached hydrogens (tertiary/aromatic N) is 1. The Bertz CT molecular complexity index is 1180. The van der Waals surface area contributed by atoms with E-state index >= 15 is 0 Å². The zero-order valence-corrected chi connectivity index (χ0v) is 16.3. The Morgan fingerprint density at radius 1 is 1.21 bits per heavy atom. The lowest BCUT2D eigenvalue weighted by Gasteiger charge is -2.22. The fraction of sp³-hybridized carbons (Fsp3) is 0.190. The molecule has 0 saturated heterocycles. The SMILES string of the molecule is CCOC(=O)c1ccc(NC(=O)c2cn3c4c(ccc(Cl)c4c2=O)OCC3)cc1. The van der Waals surface area contributed by atoms with Gasteiger partial charge in [0.15, 0.2) is 0 Å². The number of benzene rings is 2. The summed E-state index contributed by atoms with van der Waals surface area (Å²) >= 11 is 6.25. The minimum absolute atomic E-state index is 0.0204. The molecule has 2 aromatic carbocycles. The molecule has 0 unspecified atom stereocenters. The molecule has 1 aromatic heterocycles. The van der Waals surface area contributed by atoms with Gasteiger partial charge in [-0.2, -0.15) is 0 Å². The average molecular weight is 413 g/mol. The van der Waals surface area contributed by atoms with Gasteiger partial charge in [0.25, 0.3) is 5.91 Å². The van der Waals surface area contributed by atoms with E-state index in [1.807, 2.05) is 0 Å². The first-order valence-electron chi connectivity index (χ1n) is 9.06. The maximum Gasteiger partial charge on any atom is 0.338 e. The minimum Gasteiger partial charge on any atom is -0.490 e. The van der Waals surface area contributed by atoms with Gasteiger partial charge >= 0.3 is 5.97 Å². The molecule has 0 aliphatic carbocycles. The number of anilines is 1. The van der Waals surface area contributed by atoms with Gasteiger partial charge in [0.05, 0.1) is 34.6 Å². The molecule has 4 rings (SSSR count). The van der Waals surface area contributed by atoms with E-state index in [1.54, 1.807) is 47.9 Å². The van der Waals surface area contributed by atoms with E-state index in [0.29, 0.717) is 35.7 Å². The van der Waals surface area contributed by atoms with Crippen LogP contribution in [0.1, 0.15) is 27.6 Å². The van der Waals surface area contributed by atoms with Crippen LogP contribution in [0.25, 0.3) is 10.9 Å². The van der Waals surface area contributed by atoms with Crippen LogP contribution >= 0.6 is 11.6 Å². The Morgan fingerprint density at radius 2 is 1.97 bits per heavy atom. The van der Waals surface area contributed by atoms with Gasteiger partial charge in [-0.15, -0.1) is 0 Å². The largest absolute Gasteiger partial charge is 0.490 e. The molecule has 0 saturated carbocycles. The van der Waals surface area contributed by atoms with Gasteiger partial charge < -0.3 is 19.4 Å². The lowest BCUT2D eigenvalue weighted by Crippen LogP contribution is -2.26. The molecule has 0 atom stereocenters. The van der Waals surface area contributed by atoms with Gasteiger partial charge in [-0.3, -0.25) is 9.59 Å². The number of rotatable bonds is 4. The molecular weight excluding hydrogens is 396 g/mol. The number of halogens is 1. The third kappa shape index (κ3) is 3.45. The van der Waals surface area contributed by atoms with Crippen molar-refractivity contribution >= 4 is 40.1 Å². The first kappa shape index (κ1) is 19.0. The molecule has 0 fully saturated rings. The summed E-state index contributed by atoms with van der Waals surface area (Å²) in [6.45, 7) is 2.94. The number of pyridine rings is 1. The summed E-state index contributed by atoms with van der Waals surface area (Å²) in [5.74, 6) is -0.434. The molecule has 7 nitrogen and oxygen atoms in total. The highest BCUT2D eigenvalue weighted by Crippen LogP contribution is 2.32. The second-order valence-corrected chi connectivity index (χ2v) is 6.84. The molecular formula is C21H17ClN2O5. The number of carbonyl (C=O) groups is 2. The smallest absolute Gasteiger partial charge is 0.338 e. The number of aromatic nitrogens is 1. The van der Waals surface area contributed by atoms with E-state index in [2.05, 4.69) is 5.32 Å². The number of ether oxygens (including phenoxy) is 2. The van der Waals surface area contributed by atoms with Crippen molar-refractivity contribution in [3.8, 4) is 5.75 Å². The van der Waals surface area contributed by atoms with Crippen molar-refractivity contribution in [2.75, 3.05) is 18.5 Å². The molecule has 29 heavy (non-hydrogen) atoms. The highest BCUT2D eigenvalue weighted by molar-refractivity contribution is 6.35. The molecule has 1 N–H and O–H groups in total. The van der Waals surface area contributed by atoms with Crippen LogP contribution in [0.2, 0.25) is 5.02 Å². The van der Waals surface area contributed by atoms with Crippen molar-refractivity contribution in [2.24, 2.45) is 0 Å². The summed E-state index contributed by atoms with van der Waals surface area (Å²) in [4.78, 5) is 37.5. The van der Waals surface area contributed by atoms with Gasteiger partial charge in [0.2, 0.25) is 5.43 Å². The summed E-state index contributed by atoms with van der Waals surface area (Å²) in [5.41, 5.74) is 0.926. The second kappa shape index (κ2) is 7.60. The Balaban J connectivity index is 1.68. The van der Waals surface area contributed by atoms with Crippen LogP contribution in [0.5, 0.6) is 5.75 Å². The summed E-state index contributed by atoms with van der Waals surface area (Å²) < 4.78 is 12.3. The lowest BCUT2D eigenvalue weighted by molar-refractivity contribution is 0.0526. The Morgan fingerprint density at radius 3 is 2.69 bits per heavy atom.